The molecule has 0 fully saturated rings. The van der Waals surface area contributed by atoms with E-state index in [1.165, 1.54) is 99.5 Å². The highest BCUT2D eigenvalue weighted by Crippen LogP contribution is 2.54. The second kappa shape index (κ2) is 13.0. The highest BCUT2D eigenvalue weighted by Gasteiger charge is 2.39. The number of hydrogen-bond acceptors (Lipinski definition) is 2. The number of para-hydroxylation sites is 1. The number of nitrogens with zero attached hydrogens (tertiary/aromatic N) is 1. The van der Waals surface area contributed by atoms with Gasteiger partial charge in [0.1, 0.15) is 11.2 Å². The fraction of sp³-hybridized carbons (Fsp3) is 0.226. The molecule has 0 spiro atoms. The number of benzene rings is 8. The molecule has 0 saturated heterocycles. The maximum absolute atomic E-state index is 6.61. The van der Waals surface area contributed by atoms with Crippen LogP contribution in [-0.4, -0.2) is 11.8 Å². The topological polar surface area (TPSA) is 30.1 Å². The third-order valence-corrected chi connectivity index (χ3v) is 15.7. The monoisotopic (exact) mass is 853 g/mol. The van der Waals surface area contributed by atoms with Crippen molar-refractivity contribution in [1.29, 1.82) is 0 Å². The fourth-order valence-electron chi connectivity index (χ4n) is 12.0. The van der Waals surface area contributed by atoms with Crippen LogP contribution in [0.25, 0.3) is 82.8 Å². The number of hydrogen-bond donors (Lipinski definition) is 1. The average molecular weight is 854 g/mol. The van der Waals surface area contributed by atoms with E-state index in [0.29, 0.717) is 0 Å². The Balaban J connectivity index is 1.11. The summed E-state index contributed by atoms with van der Waals surface area (Å²) >= 11 is 0. The van der Waals surface area contributed by atoms with Gasteiger partial charge in [-0.25, -0.2) is 0 Å². The predicted molar refractivity (Wildman–Crippen MR) is 281 cm³/mol. The second-order valence-electron chi connectivity index (χ2n) is 22.5. The molecule has 10 aromatic rings. The summed E-state index contributed by atoms with van der Waals surface area (Å²) in [5.74, 6) is 0. The molecule has 0 saturated carbocycles. The van der Waals surface area contributed by atoms with Gasteiger partial charge in [0, 0.05) is 66.6 Å². The second-order valence-corrected chi connectivity index (χ2v) is 22.5. The van der Waals surface area contributed by atoms with Gasteiger partial charge in [-0.2, -0.15) is 0 Å². The predicted octanol–water partition coefficient (Wildman–Crippen LogP) is 15.3. The van der Waals surface area contributed by atoms with Crippen molar-refractivity contribution in [3.05, 3.63) is 173 Å². The zero-order chi connectivity index (χ0) is 45.4. The van der Waals surface area contributed by atoms with E-state index < -0.39 is 0 Å². The molecule has 4 heteroatoms. The van der Waals surface area contributed by atoms with Crippen LogP contribution in [0.5, 0.6) is 0 Å². The van der Waals surface area contributed by atoms with Crippen LogP contribution in [0.3, 0.4) is 0 Å². The number of rotatable bonds is 3. The average Bonchev–Trinajstić information content (AvgIpc) is 3.95. The maximum Gasteiger partial charge on any atom is 0.197 e. The van der Waals surface area contributed by atoms with E-state index in [1.54, 1.807) is 0 Å². The lowest BCUT2D eigenvalue weighted by molar-refractivity contribution is 0.589. The van der Waals surface area contributed by atoms with Crippen molar-refractivity contribution >= 4 is 73.3 Å². The van der Waals surface area contributed by atoms with Gasteiger partial charge in [0.25, 0.3) is 0 Å². The van der Waals surface area contributed by atoms with Crippen molar-refractivity contribution in [3.63, 3.8) is 0 Å². The van der Waals surface area contributed by atoms with Gasteiger partial charge in [-0.05, 0) is 120 Å². The van der Waals surface area contributed by atoms with Gasteiger partial charge in [-0.15, -0.1) is 0 Å². The highest BCUT2D eigenvalue weighted by molar-refractivity contribution is 6.73. The number of aromatic nitrogens is 1. The first kappa shape index (κ1) is 39.6. The minimum Gasteiger partial charge on any atom is -0.456 e. The van der Waals surface area contributed by atoms with Gasteiger partial charge in [0.2, 0.25) is 0 Å². The maximum atomic E-state index is 6.61. The van der Waals surface area contributed by atoms with Gasteiger partial charge in [0.15, 0.2) is 7.28 Å². The Bertz CT molecular complexity index is 3770. The molecular weight excluding hydrogens is 800 g/mol. The lowest BCUT2D eigenvalue weighted by atomic mass is 9.59. The smallest absolute Gasteiger partial charge is 0.197 e. The molecule has 66 heavy (non-hydrogen) atoms. The third kappa shape index (κ3) is 5.39. The summed E-state index contributed by atoms with van der Waals surface area (Å²) in [4.78, 5) is 0. The van der Waals surface area contributed by atoms with Gasteiger partial charge in [0.05, 0.1) is 5.52 Å². The summed E-state index contributed by atoms with van der Waals surface area (Å²) in [6.07, 6.45) is 0. The van der Waals surface area contributed by atoms with Crippen molar-refractivity contribution < 1.29 is 4.42 Å². The van der Waals surface area contributed by atoms with Crippen LogP contribution in [-0.2, 0) is 21.7 Å². The molecule has 1 radical (unpaired) electrons. The minimum atomic E-state index is -0.173. The minimum absolute atomic E-state index is 0.0274. The van der Waals surface area contributed by atoms with Crippen LogP contribution in [0.4, 0.5) is 11.4 Å². The molecule has 3 nitrogen and oxygen atoms in total. The summed E-state index contributed by atoms with van der Waals surface area (Å²) in [6, 6.07) is 53.1. The first-order valence-electron chi connectivity index (χ1n) is 23.7. The first-order valence-corrected chi connectivity index (χ1v) is 23.7. The number of nitrogens with one attached hydrogen (secondary N) is 1. The summed E-state index contributed by atoms with van der Waals surface area (Å²) in [5.41, 5.74) is 25.7. The van der Waals surface area contributed by atoms with Crippen molar-refractivity contribution in [2.45, 2.75) is 90.9 Å². The molecule has 3 aliphatic rings. The zero-order valence-corrected chi connectivity index (χ0v) is 39.7. The van der Waals surface area contributed by atoms with E-state index >= 15 is 0 Å². The lowest BCUT2D eigenvalue weighted by Crippen LogP contribution is -2.37. The van der Waals surface area contributed by atoms with Crippen LogP contribution >= 0.6 is 0 Å². The van der Waals surface area contributed by atoms with Gasteiger partial charge in [-0.1, -0.05) is 166 Å². The van der Waals surface area contributed by atoms with Crippen LogP contribution < -0.4 is 16.2 Å². The largest absolute Gasteiger partial charge is 0.456 e. The van der Waals surface area contributed by atoms with Crippen LogP contribution in [0.2, 0.25) is 0 Å². The lowest BCUT2D eigenvalue weighted by Gasteiger charge is -2.26. The van der Waals surface area contributed by atoms with Gasteiger partial charge < -0.3 is 14.3 Å². The normalized spacial score (nSPS) is 15.2. The molecule has 0 unspecified atom stereocenters. The highest BCUT2D eigenvalue weighted by atomic mass is 16.3. The van der Waals surface area contributed by atoms with Gasteiger partial charge >= 0.3 is 0 Å². The molecule has 3 heterocycles. The van der Waals surface area contributed by atoms with Gasteiger partial charge in [-0.3, -0.25) is 0 Å². The Morgan fingerprint density at radius 2 is 1.15 bits per heavy atom. The molecule has 1 N–H and O–H groups in total. The molecule has 0 amide bonds. The van der Waals surface area contributed by atoms with E-state index in [-0.39, 0.29) is 21.7 Å². The van der Waals surface area contributed by atoms with Crippen LogP contribution in [0, 0.1) is 0 Å². The van der Waals surface area contributed by atoms with E-state index in [2.05, 4.69) is 226 Å². The molecule has 2 aliphatic carbocycles. The van der Waals surface area contributed by atoms with E-state index in [1.807, 2.05) is 0 Å². The Labute approximate surface area is 388 Å². The molecule has 0 bridgehead atoms. The van der Waals surface area contributed by atoms with Crippen LogP contribution in [0.1, 0.15) is 103 Å². The summed E-state index contributed by atoms with van der Waals surface area (Å²) in [6.45, 7) is 23.4. The van der Waals surface area contributed by atoms with Crippen molar-refractivity contribution in [2.24, 2.45) is 0 Å². The Kier molecular flexibility index (Phi) is 7.78. The summed E-state index contributed by atoms with van der Waals surface area (Å²) < 4.78 is 9.17. The number of anilines is 2. The SMILES string of the molecule is CC(C)(C)c1ccc(Nc2cc3c(cc2-c2ccc4c5cc6c(cc5n5c4c2[B]c2cc4c(cc2-5)oc2ccccc24)C(C)(C)c2ccccc2-6)-c2cc(C(C)(C)C)ccc2C3(C)C)cc1. The number of furan rings is 1. The molecule has 2 aromatic heterocycles. The van der Waals surface area contributed by atoms with E-state index in [9.17, 15) is 0 Å². The zero-order valence-electron chi connectivity index (χ0n) is 39.7. The Hall–Kier alpha value is -6.78. The van der Waals surface area contributed by atoms with E-state index in [4.69, 9.17) is 4.42 Å². The third-order valence-electron chi connectivity index (χ3n) is 15.7. The summed E-state index contributed by atoms with van der Waals surface area (Å²) in [7, 11) is 2.46. The Morgan fingerprint density at radius 3 is 1.92 bits per heavy atom. The standard InChI is InChI=1S/C62H54BN2O/c1-59(2,3)34-19-22-36(23-20-34)64-52-31-49-43(41-27-35(60(4,5)6)21-26-48(41)62(49,9)10)28-44(52)39-24-25-40-45-29-42-37-15-11-13-17-47(37)61(7,8)50(42)32-53(45)65-54-33-56-46(30-51(54)63-57(39)58(40)65)38-16-12-14-18-55(38)66-56/h11-33,64H,1-10H3. The fourth-order valence-corrected chi connectivity index (χ4v) is 12.0. The van der Waals surface area contributed by atoms with E-state index in [0.717, 1.165) is 39.0 Å². The first-order chi connectivity index (χ1) is 31.5. The molecule has 1 aliphatic heterocycles. The molecular formula is C62H54BN2O. The van der Waals surface area contributed by atoms with Crippen LogP contribution in [0.15, 0.2) is 144 Å². The Morgan fingerprint density at radius 1 is 0.485 bits per heavy atom. The molecule has 8 aromatic carbocycles. The molecule has 13 rings (SSSR count). The molecule has 0 atom stereocenters. The number of fused-ring (bicyclic) bond motifs is 14. The van der Waals surface area contributed by atoms with Crippen molar-refractivity contribution in [3.8, 4) is 39.1 Å². The van der Waals surface area contributed by atoms with Crippen molar-refractivity contribution in [2.75, 3.05) is 5.32 Å². The summed E-state index contributed by atoms with van der Waals surface area (Å²) in [5, 5.41) is 8.82. The molecule has 321 valence electrons. The van der Waals surface area contributed by atoms with Crippen molar-refractivity contribution in [1.82, 2.24) is 4.57 Å². The quantitative estimate of drug-likeness (QED) is 0.180.